The van der Waals surface area contributed by atoms with E-state index in [1.807, 2.05) is 0 Å². The van der Waals surface area contributed by atoms with Gasteiger partial charge in [-0.3, -0.25) is 0 Å². The zero-order valence-corrected chi connectivity index (χ0v) is 9.66. The van der Waals surface area contributed by atoms with Crippen molar-refractivity contribution in [2.45, 2.75) is 20.3 Å². The van der Waals surface area contributed by atoms with Crippen LogP contribution in [0.3, 0.4) is 0 Å². The summed E-state index contributed by atoms with van der Waals surface area (Å²) in [4.78, 5) is 0. The lowest BCUT2D eigenvalue weighted by molar-refractivity contribution is 0.461. The molecule has 9 heavy (non-hydrogen) atoms. The third-order valence-electron chi connectivity index (χ3n) is 1.15. The summed E-state index contributed by atoms with van der Waals surface area (Å²) >= 11 is 0. The molecule has 0 aliphatic carbocycles. The Labute approximate surface area is 67.7 Å². The minimum absolute atomic E-state index is 0. The van der Waals surface area contributed by atoms with E-state index in [0.717, 1.165) is 5.92 Å². The fourth-order valence-corrected chi connectivity index (χ4v) is 0.775. The van der Waals surface area contributed by atoms with E-state index in [1.165, 1.54) is 23.4 Å². The molecule has 0 unspecified atom stereocenters. The van der Waals surface area contributed by atoms with Crippen LogP contribution in [-0.2, 0) is 0 Å². The molecule has 0 aliphatic heterocycles. The summed E-state index contributed by atoms with van der Waals surface area (Å²) in [5, 5.41) is 0. The molecule has 0 spiro atoms. The number of hydrogen-bond donors (Lipinski definition) is 0. The van der Waals surface area contributed by atoms with Crippen LogP contribution in [-0.4, -0.2) is 28.6 Å². The Morgan fingerprint density at radius 1 is 1.44 bits per heavy atom. The molecule has 0 aromatic heterocycles. The predicted molar refractivity (Wildman–Crippen MR) is 49.3 cm³/mol. The van der Waals surface area contributed by atoms with Crippen LogP contribution in [0.1, 0.15) is 20.3 Å². The van der Waals surface area contributed by atoms with Gasteiger partial charge in [0.2, 0.25) is 0 Å². The molecule has 0 N–H and O–H groups in total. The summed E-state index contributed by atoms with van der Waals surface area (Å²) in [5.74, 6) is 0.867. The first-order valence-corrected chi connectivity index (χ1v) is 4.17. The summed E-state index contributed by atoms with van der Waals surface area (Å²) in [6, 6.07) is 0. The highest BCUT2D eigenvalue weighted by atomic mass is 35.5. The van der Waals surface area contributed by atoms with Gasteiger partial charge in [0.05, 0.1) is 10.4 Å². The molecule has 58 valence electrons. The average molecular weight is 168 g/mol. The summed E-state index contributed by atoms with van der Waals surface area (Å²) in [5.41, 5.74) is 0. The van der Waals surface area contributed by atoms with Crippen LogP contribution in [0.2, 0.25) is 0 Å². The fraction of sp³-hybridized carbons (Fsp3) is 1.00. The second-order valence-electron chi connectivity index (χ2n) is 2.99. The van der Waals surface area contributed by atoms with E-state index in [9.17, 15) is 0 Å². The van der Waals surface area contributed by atoms with Gasteiger partial charge < -0.3 is 4.57 Å². The van der Waals surface area contributed by atoms with Gasteiger partial charge in [-0.15, -0.1) is 12.4 Å². The summed E-state index contributed by atoms with van der Waals surface area (Å²) in [6.07, 6.45) is 1.35. The van der Waals surface area contributed by atoms with Gasteiger partial charge in [0, 0.05) is 0 Å². The molecule has 0 aliphatic rings. The number of hydrogen-bond acceptors (Lipinski definition) is 1. The van der Waals surface area contributed by atoms with Crippen molar-refractivity contribution < 1.29 is 0 Å². The highest BCUT2D eigenvalue weighted by Crippen LogP contribution is 1.97. The minimum atomic E-state index is 0. The molecule has 0 heterocycles. The number of halogens is 1. The molecule has 0 aromatic carbocycles. The second-order valence-corrected chi connectivity index (χ2v) is 4.51. The summed E-state index contributed by atoms with van der Waals surface area (Å²) in [7, 11) is 3.38. The molecule has 0 saturated heterocycles. The van der Waals surface area contributed by atoms with Gasteiger partial charge in [-0.1, -0.05) is 13.8 Å². The molecule has 0 rings (SSSR count). The Bertz CT molecular complexity index is 49.0. The van der Waals surface area contributed by atoms with Crippen LogP contribution >= 0.6 is 12.4 Å². The lowest BCUT2D eigenvalue weighted by Crippen LogP contribution is -2.16. The van der Waals surface area contributed by atoms with E-state index < -0.39 is 0 Å². The molecular formula is C6H18ClNSi. The molecule has 0 fully saturated rings. The first-order chi connectivity index (χ1) is 3.63. The van der Waals surface area contributed by atoms with Crippen LogP contribution in [0.15, 0.2) is 0 Å². The van der Waals surface area contributed by atoms with Crippen LogP contribution in [0.4, 0.5) is 0 Å². The highest BCUT2D eigenvalue weighted by molar-refractivity contribution is 6.04. The lowest BCUT2D eigenvalue weighted by atomic mass is 10.1. The van der Waals surface area contributed by atoms with E-state index >= 15 is 0 Å². The smallest absolute Gasteiger partial charge is 0.0781 e. The quantitative estimate of drug-likeness (QED) is 0.559. The van der Waals surface area contributed by atoms with Crippen molar-refractivity contribution in [2.75, 3.05) is 13.6 Å². The normalized spacial score (nSPS) is 10.3. The molecule has 0 radical (unpaired) electrons. The van der Waals surface area contributed by atoms with Crippen molar-refractivity contribution in [1.29, 1.82) is 0 Å². The topological polar surface area (TPSA) is 3.24 Å². The van der Waals surface area contributed by atoms with Gasteiger partial charge >= 0.3 is 0 Å². The maximum absolute atomic E-state index is 2.36. The van der Waals surface area contributed by atoms with Gasteiger partial charge in [-0.2, -0.15) is 0 Å². The first-order valence-electron chi connectivity index (χ1n) is 3.27. The van der Waals surface area contributed by atoms with Crippen LogP contribution in [0, 0.1) is 5.92 Å². The zero-order valence-electron chi connectivity index (χ0n) is 6.85. The minimum Gasteiger partial charge on any atom is -0.335 e. The van der Waals surface area contributed by atoms with Crippen LogP contribution in [0.5, 0.6) is 0 Å². The van der Waals surface area contributed by atoms with Crippen molar-refractivity contribution in [2.24, 2.45) is 5.92 Å². The van der Waals surface area contributed by atoms with Crippen molar-refractivity contribution in [3.05, 3.63) is 0 Å². The SMILES string of the molecule is CC(C)CCN(C)[SiH3].Cl. The standard InChI is InChI=1S/C6H17NSi.ClH/c1-6(2)4-5-7(3)8;/h6H,4-5H2,1-3,8H3;1H. The first kappa shape index (κ1) is 12.2. The third kappa shape index (κ3) is 11.8. The maximum Gasteiger partial charge on any atom is 0.0781 e. The Hall–Kier alpha value is 0.467. The zero-order chi connectivity index (χ0) is 6.57. The predicted octanol–water partition coefficient (Wildman–Crippen LogP) is 0.666. The van der Waals surface area contributed by atoms with E-state index in [1.54, 1.807) is 0 Å². The Morgan fingerprint density at radius 2 is 1.89 bits per heavy atom. The molecule has 1 nitrogen and oxygen atoms in total. The molecule has 0 bridgehead atoms. The second kappa shape index (κ2) is 6.58. The molecule has 0 saturated carbocycles. The van der Waals surface area contributed by atoms with E-state index in [-0.39, 0.29) is 12.4 Å². The Balaban J connectivity index is 0. The van der Waals surface area contributed by atoms with Gasteiger partial charge in [-0.25, -0.2) is 0 Å². The van der Waals surface area contributed by atoms with E-state index in [0.29, 0.717) is 0 Å². The number of rotatable bonds is 3. The van der Waals surface area contributed by atoms with Crippen LogP contribution < -0.4 is 0 Å². The van der Waals surface area contributed by atoms with Crippen LogP contribution in [0.25, 0.3) is 0 Å². The highest BCUT2D eigenvalue weighted by Gasteiger charge is 1.92. The van der Waals surface area contributed by atoms with E-state index in [4.69, 9.17) is 0 Å². The summed E-state index contributed by atoms with van der Waals surface area (Å²) in [6.45, 7) is 5.82. The van der Waals surface area contributed by atoms with Gasteiger partial charge in [-0.05, 0) is 25.9 Å². The van der Waals surface area contributed by atoms with Crippen molar-refractivity contribution >= 4 is 22.8 Å². The Morgan fingerprint density at radius 3 is 2.00 bits per heavy atom. The molecule has 0 amide bonds. The van der Waals surface area contributed by atoms with Crippen molar-refractivity contribution in [3.8, 4) is 0 Å². The fourth-order valence-electron chi connectivity index (χ4n) is 0.516. The van der Waals surface area contributed by atoms with E-state index in [2.05, 4.69) is 25.5 Å². The molecule has 0 atom stereocenters. The average Bonchev–Trinajstić information content (AvgIpc) is 1.61. The van der Waals surface area contributed by atoms with Gasteiger partial charge in [0.25, 0.3) is 0 Å². The van der Waals surface area contributed by atoms with Gasteiger partial charge in [0.1, 0.15) is 0 Å². The summed E-state index contributed by atoms with van der Waals surface area (Å²) < 4.78 is 2.36. The largest absolute Gasteiger partial charge is 0.335 e. The number of nitrogens with zero attached hydrogens (tertiary/aromatic N) is 1. The van der Waals surface area contributed by atoms with Crippen molar-refractivity contribution in [1.82, 2.24) is 4.57 Å². The molecular weight excluding hydrogens is 150 g/mol. The van der Waals surface area contributed by atoms with Crippen molar-refractivity contribution in [3.63, 3.8) is 0 Å². The molecule has 3 heteroatoms. The maximum atomic E-state index is 2.36. The molecule has 0 aromatic rings. The monoisotopic (exact) mass is 167 g/mol. The lowest BCUT2D eigenvalue weighted by Gasteiger charge is -2.10. The third-order valence-corrected chi connectivity index (χ3v) is 1.60. The van der Waals surface area contributed by atoms with Gasteiger partial charge in [0.15, 0.2) is 0 Å². The Kier molecular flexibility index (Phi) is 8.91.